The fraction of sp³-hybridized carbons (Fsp3) is 0. The number of rotatable bonds is 2. The molecule has 3 rings (SSSR count). The van der Waals surface area contributed by atoms with E-state index in [1.807, 2.05) is 12.1 Å². The van der Waals surface area contributed by atoms with Gasteiger partial charge in [0.1, 0.15) is 5.01 Å². The quantitative estimate of drug-likeness (QED) is 0.742. The molecular formula is C10H6N4O2S. The van der Waals surface area contributed by atoms with Crippen LogP contribution in [0.3, 0.4) is 0 Å². The Morgan fingerprint density at radius 1 is 1.47 bits per heavy atom. The van der Waals surface area contributed by atoms with Crippen molar-refractivity contribution in [1.29, 1.82) is 0 Å². The van der Waals surface area contributed by atoms with Crippen molar-refractivity contribution in [3.63, 3.8) is 0 Å². The lowest BCUT2D eigenvalue weighted by Crippen LogP contribution is -1.95. The van der Waals surface area contributed by atoms with Gasteiger partial charge < -0.3 is 5.11 Å². The van der Waals surface area contributed by atoms with Crippen molar-refractivity contribution < 1.29 is 9.90 Å². The highest BCUT2D eigenvalue weighted by molar-refractivity contribution is 7.19. The van der Waals surface area contributed by atoms with E-state index < -0.39 is 5.97 Å². The van der Waals surface area contributed by atoms with E-state index in [0.717, 1.165) is 10.6 Å². The van der Waals surface area contributed by atoms with Crippen LogP contribution >= 0.6 is 11.3 Å². The van der Waals surface area contributed by atoms with Gasteiger partial charge in [0.15, 0.2) is 5.69 Å². The van der Waals surface area contributed by atoms with E-state index in [9.17, 15) is 4.79 Å². The maximum Gasteiger partial charge on any atom is 0.356 e. The molecule has 0 spiro atoms. The monoisotopic (exact) mass is 246 g/mol. The number of pyridine rings is 1. The Bertz CT molecular complexity index is 657. The average Bonchev–Trinajstić information content (AvgIpc) is 2.87. The van der Waals surface area contributed by atoms with Gasteiger partial charge in [0.05, 0.1) is 6.20 Å². The van der Waals surface area contributed by atoms with E-state index in [4.69, 9.17) is 5.11 Å². The maximum atomic E-state index is 10.7. The highest BCUT2D eigenvalue weighted by Crippen LogP contribution is 2.24. The van der Waals surface area contributed by atoms with Crippen LogP contribution in [-0.4, -0.2) is 30.7 Å². The smallest absolute Gasteiger partial charge is 0.356 e. The van der Waals surface area contributed by atoms with Crippen LogP contribution < -0.4 is 0 Å². The number of aromatic carboxylic acids is 1. The van der Waals surface area contributed by atoms with Crippen molar-refractivity contribution in [2.24, 2.45) is 0 Å². The number of aromatic nitrogens is 4. The van der Waals surface area contributed by atoms with Crippen molar-refractivity contribution in [2.45, 2.75) is 0 Å². The third-order valence-corrected chi connectivity index (χ3v) is 3.14. The van der Waals surface area contributed by atoms with Crippen molar-refractivity contribution >= 4 is 22.3 Å². The van der Waals surface area contributed by atoms with Crippen LogP contribution in [0.2, 0.25) is 0 Å². The molecule has 17 heavy (non-hydrogen) atoms. The Balaban J connectivity index is 2.10. The number of carboxylic acid groups (broad SMARTS) is 1. The number of fused-ring (bicyclic) bond motifs is 1. The summed E-state index contributed by atoms with van der Waals surface area (Å²) in [6, 6.07) is 3.71. The van der Waals surface area contributed by atoms with E-state index >= 15 is 0 Å². The maximum absolute atomic E-state index is 10.7. The Labute approximate surface area is 99.2 Å². The molecule has 0 aliphatic carbocycles. The molecule has 0 aromatic carbocycles. The van der Waals surface area contributed by atoms with Crippen LogP contribution in [0.25, 0.3) is 15.5 Å². The largest absolute Gasteiger partial charge is 0.476 e. The number of carbonyl (C=O) groups is 1. The average molecular weight is 246 g/mol. The zero-order valence-electron chi connectivity index (χ0n) is 8.44. The molecule has 7 heteroatoms. The molecule has 0 aliphatic heterocycles. The SMILES string of the molecule is O=C(O)c1cn2nc(-c3cccnc3)sc2n1. The lowest BCUT2D eigenvalue weighted by molar-refractivity contribution is 0.0691. The second kappa shape index (κ2) is 3.63. The topological polar surface area (TPSA) is 80.4 Å². The van der Waals surface area contributed by atoms with Crippen molar-refractivity contribution in [3.05, 3.63) is 36.4 Å². The summed E-state index contributed by atoms with van der Waals surface area (Å²) in [7, 11) is 0. The first-order chi connectivity index (χ1) is 8.24. The standard InChI is InChI=1S/C10H6N4O2S/c15-9(16)7-5-14-10(12-7)17-8(13-14)6-2-1-3-11-4-6/h1-5H,(H,15,16). The summed E-state index contributed by atoms with van der Waals surface area (Å²) in [4.78, 5) is 19.2. The van der Waals surface area contributed by atoms with E-state index in [2.05, 4.69) is 15.1 Å². The van der Waals surface area contributed by atoms with E-state index in [1.54, 1.807) is 12.4 Å². The third-order valence-electron chi connectivity index (χ3n) is 2.17. The van der Waals surface area contributed by atoms with Gasteiger partial charge >= 0.3 is 5.97 Å². The lowest BCUT2D eigenvalue weighted by atomic mass is 10.3. The van der Waals surface area contributed by atoms with Gasteiger partial charge in [-0.05, 0) is 12.1 Å². The molecular weight excluding hydrogens is 240 g/mol. The molecule has 3 aromatic heterocycles. The fourth-order valence-electron chi connectivity index (χ4n) is 1.41. The Hall–Kier alpha value is -2.28. The van der Waals surface area contributed by atoms with Gasteiger partial charge in [0, 0.05) is 18.0 Å². The second-order valence-corrected chi connectivity index (χ2v) is 4.26. The molecule has 6 nitrogen and oxygen atoms in total. The summed E-state index contributed by atoms with van der Waals surface area (Å²) in [6.07, 6.45) is 4.79. The van der Waals surface area contributed by atoms with Crippen LogP contribution in [0.5, 0.6) is 0 Å². The second-order valence-electron chi connectivity index (χ2n) is 3.31. The van der Waals surface area contributed by atoms with Gasteiger partial charge in [0.2, 0.25) is 4.96 Å². The minimum absolute atomic E-state index is 0.00138. The fourth-order valence-corrected chi connectivity index (χ4v) is 2.28. The number of imidazole rings is 1. The summed E-state index contributed by atoms with van der Waals surface area (Å²) in [5.74, 6) is -1.05. The van der Waals surface area contributed by atoms with Crippen molar-refractivity contribution in [1.82, 2.24) is 19.6 Å². The highest BCUT2D eigenvalue weighted by Gasteiger charge is 2.13. The molecule has 0 amide bonds. The van der Waals surface area contributed by atoms with Gasteiger partial charge in [-0.15, -0.1) is 0 Å². The molecule has 0 radical (unpaired) electrons. The van der Waals surface area contributed by atoms with Gasteiger partial charge in [-0.1, -0.05) is 11.3 Å². The molecule has 84 valence electrons. The van der Waals surface area contributed by atoms with Gasteiger partial charge in [-0.25, -0.2) is 14.3 Å². The minimum atomic E-state index is -1.05. The Morgan fingerprint density at radius 3 is 3.00 bits per heavy atom. The third kappa shape index (κ3) is 1.66. The first-order valence-corrected chi connectivity index (χ1v) is 5.55. The number of hydrogen-bond acceptors (Lipinski definition) is 5. The highest BCUT2D eigenvalue weighted by atomic mass is 32.1. The van der Waals surface area contributed by atoms with Crippen molar-refractivity contribution in [2.75, 3.05) is 0 Å². The molecule has 0 bridgehead atoms. The molecule has 3 aromatic rings. The zero-order chi connectivity index (χ0) is 11.8. The summed E-state index contributed by atoms with van der Waals surface area (Å²) in [5, 5.41) is 13.8. The molecule has 0 unspecified atom stereocenters. The summed E-state index contributed by atoms with van der Waals surface area (Å²) in [5.41, 5.74) is 0.890. The van der Waals surface area contributed by atoms with E-state index in [1.165, 1.54) is 22.0 Å². The number of carboxylic acids is 1. The minimum Gasteiger partial charge on any atom is -0.476 e. The summed E-state index contributed by atoms with van der Waals surface area (Å²) >= 11 is 1.33. The van der Waals surface area contributed by atoms with E-state index in [0.29, 0.717) is 4.96 Å². The molecule has 0 aliphatic rings. The Morgan fingerprint density at radius 2 is 2.35 bits per heavy atom. The molecule has 0 saturated heterocycles. The molecule has 0 saturated carbocycles. The number of hydrogen-bond donors (Lipinski definition) is 1. The van der Waals surface area contributed by atoms with Crippen LogP contribution in [0, 0.1) is 0 Å². The summed E-state index contributed by atoms with van der Waals surface area (Å²) in [6.45, 7) is 0. The Kier molecular flexibility index (Phi) is 2.12. The van der Waals surface area contributed by atoms with Gasteiger partial charge in [-0.3, -0.25) is 4.98 Å². The lowest BCUT2D eigenvalue weighted by Gasteiger charge is -1.91. The number of nitrogens with zero attached hydrogens (tertiary/aromatic N) is 4. The molecule has 0 atom stereocenters. The molecule has 1 N–H and O–H groups in total. The zero-order valence-corrected chi connectivity index (χ0v) is 9.26. The predicted octanol–water partition coefficient (Wildman–Crippen LogP) is 1.55. The van der Waals surface area contributed by atoms with Crippen LogP contribution in [0.4, 0.5) is 0 Å². The first-order valence-electron chi connectivity index (χ1n) is 4.74. The van der Waals surface area contributed by atoms with E-state index in [-0.39, 0.29) is 5.69 Å². The van der Waals surface area contributed by atoms with Crippen LogP contribution in [0.1, 0.15) is 10.5 Å². The molecule has 3 heterocycles. The van der Waals surface area contributed by atoms with Gasteiger partial charge in [0.25, 0.3) is 0 Å². The van der Waals surface area contributed by atoms with Crippen molar-refractivity contribution in [3.8, 4) is 10.6 Å². The molecule has 0 fully saturated rings. The van der Waals surface area contributed by atoms with Crippen LogP contribution in [0.15, 0.2) is 30.7 Å². The van der Waals surface area contributed by atoms with Crippen LogP contribution in [-0.2, 0) is 0 Å². The normalized spacial score (nSPS) is 10.8. The summed E-state index contributed by atoms with van der Waals surface area (Å²) < 4.78 is 1.47. The first kappa shape index (κ1) is 9.91. The van der Waals surface area contributed by atoms with Gasteiger partial charge in [-0.2, -0.15) is 5.10 Å². The predicted molar refractivity (Wildman–Crippen MR) is 61.1 cm³/mol.